The number of Topliss-reactive ketones (excluding diaryl/α,β-unsaturated/α-hetero) is 1. The second-order valence-corrected chi connectivity index (χ2v) is 5.19. The van der Waals surface area contributed by atoms with Crippen LogP contribution in [0.4, 0.5) is 0 Å². The van der Waals surface area contributed by atoms with Gasteiger partial charge in [0, 0.05) is 19.1 Å². The lowest BCUT2D eigenvalue weighted by atomic mass is 9.87. The number of hydrogen-bond donors (Lipinski definition) is 0. The third-order valence-corrected chi connectivity index (χ3v) is 4.08. The number of rotatable bonds is 4. The maximum Gasteiger partial charge on any atom is 0.167 e. The molecule has 0 amide bonds. The summed E-state index contributed by atoms with van der Waals surface area (Å²) >= 11 is 0. The van der Waals surface area contributed by atoms with Crippen molar-refractivity contribution < 1.29 is 9.53 Å². The fourth-order valence-corrected chi connectivity index (χ4v) is 2.64. The van der Waals surface area contributed by atoms with Gasteiger partial charge in [-0.1, -0.05) is 36.4 Å². The van der Waals surface area contributed by atoms with Crippen molar-refractivity contribution >= 4 is 5.78 Å². The lowest BCUT2D eigenvalue weighted by Gasteiger charge is -2.29. The van der Waals surface area contributed by atoms with E-state index in [-0.39, 0.29) is 5.78 Å². The molecule has 0 fully saturated rings. The monoisotopic (exact) mass is 256 g/mol. The third-order valence-electron chi connectivity index (χ3n) is 4.08. The predicted molar refractivity (Wildman–Crippen MR) is 77.3 cm³/mol. The van der Waals surface area contributed by atoms with E-state index in [2.05, 4.69) is 6.08 Å². The minimum absolute atomic E-state index is 0.140. The van der Waals surface area contributed by atoms with Crippen LogP contribution in [-0.4, -0.2) is 18.5 Å². The van der Waals surface area contributed by atoms with Crippen LogP contribution in [0.5, 0.6) is 0 Å². The van der Waals surface area contributed by atoms with Crippen molar-refractivity contribution in [2.24, 2.45) is 0 Å². The molecule has 100 valence electrons. The Balaban J connectivity index is 2.25. The predicted octanol–water partition coefficient (Wildman–Crippen LogP) is 3.94. The first kappa shape index (κ1) is 13.8. The van der Waals surface area contributed by atoms with Crippen molar-refractivity contribution in [3.8, 4) is 0 Å². The van der Waals surface area contributed by atoms with Gasteiger partial charge in [-0.15, -0.1) is 0 Å². The van der Waals surface area contributed by atoms with Gasteiger partial charge >= 0.3 is 0 Å². The van der Waals surface area contributed by atoms with E-state index in [0.717, 1.165) is 22.3 Å². The fraction of sp³-hybridized carbons (Fsp3) is 0.353. The maximum absolute atomic E-state index is 12.3. The minimum atomic E-state index is -0.436. The lowest BCUT2D eigenvalue weighted by molar-refractivity contribution is 0.0670. The van der Waals surface area contributed by atoms with Gasteiger partial charge in [0.15, 0.2) is 5.78 Å². The number of ether oxygens (including phenoxy) is 1. The van der Waals surface area contributed by atoms with Crippen LogP contribution in [0.1, 0.15) is 37.6 Å². The molecular formula is C17H20O2. The molecular weight excluding hydrogens is 236 g/mol. The molecule has 0 aliphatic heterocycles. The average Bonchev–Trinajstić information content (AvgIpc) is 2.64. The highest BCUT2D eigenvalue weighted by atomic mass is 16.5. The van der Waals surface area contributed by atoms with Gasteiger partial charge in [0.1, 0.15) is 5.60 Å². The van der Waals surface area contributed by atoms with Crippen LogP contribution >= 0.6 is 0 Å². The van der Waals surface area contributed by atoms with Crippen LogP contribution in [-0.2, 0) is 4.74 Å². The number of carbonyl (C=O) groups excluding carboxylic acids is 1. The van der Waals surface area contributed by atoms with Gasteiger partial charge in [0.2, 0.25) is 0 Å². The SMILES string of the molecule is COC1(C)C(C)=CC(C)=C1CC(=O)c1ccccc1. The maximum atomic E-state index is 12.3. The minimum Gasteiger partial charge on any atom is -0.370 e. The highest BCUT2D eigenvalue weighted by Gasteiger charge is 2.36. The van der Waals surface area contributed by atoms with Crippen LogP contribution in [0.25, 0.3) is 0 Å². The molecule has 0 radical (unpaired) electrons. The zero-order valence-corrected chi connectivity index (χ0v) is 12.0. The number of ketones is 1. The molecule has 1 atom stereocenters. The van der Waals surface area contributed by atoms with E-state index < -0.39 is 5.60 Å². The molecule has 1 unspecified atom stereocenters. The lowest BCUT2D eigenvalue weighted by Crippen LogP contribution is -2.30. The molecule has 2 nitrogen and oxygen atoms in total. The quantitative estimate of drug-likeness (QED) is 0.763. The fourth-order valence-electron chi connectivity index (χ4n) is 2.64. The molecule has 0 aromatic heterocycles. The van der Waals surface area contributed by atoms with Crippen LogP contribution in [0.15, 0.2) is 53.1 Å². The van der Waals surface area contributed by atoms with E-state index in [1.807, 2.05) is 51.1 Å². The van der Waals surface area contributed by atoms with Crippen LogP contribution in [0.2, 0.25) is 0 Å². The van der Waals surface area contributed by atoms with Gasteiger partial charge in [0.25, 0.3) is 0 Å². The molecule has 19 heavy (non-hydrogen) atoms. The Labute approximate surface area is 114 Å². The number of methoxy groups -OCH3 is 1. The number of hydrogen-bond acceptors (Lipinski definition) is 2. The summed E-state index contributed by atoms with van der Waals surface area (Å²) in [4.78, 5) is 12.3. The largest absolute Gasteiger partial charge is 0.370 e. The molecule has 2 heteroatoms. The number of benzene rings is 1. The van der Waals surface area contributed by atoms with Gasteiger partial charge < -0.3 is 4.74 Å². The van der Waals surface area contributed by atoms with Crippen molar-refractivity contribution in [2.75, 3.05) is 7.11 Å². The van der Waals surface area contributed by atoms with Crippen LogP contribution in [0.3, 0.4) is 0 Å². The van der Waals surface area contributed by atoms with Crippen molar-refractivity contribution in [3.63, 3.8) is 0 Å². The Bertz CT molecular complexity index is 552. The summed E-state index contributed by atoms with van der Waals surface area (Å²) in [6.07, 6.45) is 2.52. The highest BCUT2D eigenvalue weighted by molar-refractivity contribution is 5.98. The first-order valence-corrected chi connectivity index (χ1v) is 6.51. The third kappa shape index (κ3) is 2.41. The van der Waals surface area contributed by atoms with E-state index in [4.69, 9.17) is 4.74 Å². The first-order valence-electron chi connectivity index (χ1n) is 6.51. The Hall–Kier alpha value is -1.67. The van der Waals surface area contributed by atoms with Crippen molar-refractivity contribution in [1.82, 2.24) is 0 Å². The number of allylic oxidation sites excluding steroid dienone is 2. The zero-order valence-electron chi connectivity index (χ0n) is 12.0. The summed E-state index contributed by atoms with van der Waals surface area (Å²) in [6.45, 7) is 6.12. The Morgan fingerprint density at radius 1 is 1.21 bits per heavy atom. The summed E-state index contributed by atoms with van der Waals surface area (Å²) in [5.74, 6) is 0.140. The average molecular weight is 256 g/mol. The molecule has 1 aromatic rings. The normalized spacial score (nSPS) is 22.6. The molecule has 1 aromatic carbocycles. The van der Waals surface area contributed by atoms with E-state index in [1.165, 1.54) is 0 Å². The topological polar surface area (TPSA) is 26.3 Å². The molecule has 2 rings (SSSR count). The van der Waals surface area contributed by atoms with Crippen molar-refractivity contribution in [2.45, 2.75) is 32.8 Å². The summed E-state index contributed by atoms with van der Waals surface area (Å²) in [6, 6.07) is 9.42. The van der Waals surface area contributed by atoms with Crippen LogP contribution in [0, 0.1) is 0 Å². The summed E-state index contributed by atoms with van der Waals surface area (Å²) in [5, 5.41) is 0. The van der Waals surface area contributed by atoms with E-state index in [9.17, 15) is 4.79 Å². The molecule has 1 aliphatic rings. The summed E-state index contributed by atoms with van der Waals surface area (Å²) in [7, 11) is 1.70. The molecule has 0 bridgehead atoms. The molecule has 0 saturated heterocycles. The second kappa shape index (κ2) is 5.14. The van der Waals surface area contributed by atoms with E-state index >= 15 is 0 Å². The van der Waals surface area contributed by atoms with Crippen molar-refractivity contribution in [1.29, 1.82) is 0 Å². The molecule has 1 aliphatic carbocycles. The standard InChI is InChI=1S/C17H20O2/c1-12-10-13(2)17(3,19-4)15(12)11-16(18)14-8-6-5-7-9-14/h5-10H,11H2,1-4H3. The molecule has 0 N–H and O–H groups in total. The smallest absolute Gasteiger partial charge is 0.167 e. The molecule has 0 heterocycles. The van der Waals surface area contributed by atoms with Gasteiger partial charge in [-0.3, -0.25) is 4.79 Å². The van der Waals surface area contributed by atoms with E-state index in [0.29, 0.717) is 6.42 Å². The Morgan fingerprint density at radius 2 is 1.84 bits per heavy atom. The Morgan fingerprint density at radius 3 is 2.42 bits per heavy atom. The van der Waals surface area contributed by atoms with Gasteiger partial charge in [0.05, 0.1) is 0 Å². The molecule has 0 spiro atoms. The highest BCUT2D eigenvalue weighted by Crippen LogP contribution is 2.40. The van der Waals surface area contributed by atoms with Crippen LogP contribution < -0.4 is 0 Å². The number of carbonyl (C=O) groups is 1. The molecule has 0 saturated carbocycles. The van der Waals surface area contributed by atoms with E-state index in [1.54, 1.807) is 7.11 Å². The first-order chi connectivity index (χ1) is 8.99. The Kier molecular flexibility index (Phi) is 3.72. The van der Waals surface area contributed by atoms with Gasteiger partial charge in [-0.25, -0.2) is 0 Å². The van der Waals surface area contributed by atoms with Gasteiger partial charge in [-0.2, -0.15) is 0 Å². The second-order valence-electron chi connectivity index (χ2n) is 5.19. The van der Waals surface area contributed by atoms with Crippen molar-refractivity contribution in [3.05, 3.63) is 58.7 Å². The summed E-state index contributed by atoms with van der Waals surface area (Å²) < 4.78 is 5.65. The summed E-state index contributed by atoms with van der Waals surface area (Å²) in [5.41, 5.74) is 3.69. The zero-order chi connectivity index (χ0) is 14.0. The van der Waals surface area contributed by atoms with Gasteiger partial charge in [-0.05, 0) is 37.5 Å².